The number of H-pyrrole nitrogens is 1. The number of nitrogens with zero attached hydrogens (tertiary/aromatic N) is 3. The number of likely N-dealkylation sites (tertiary alicyclic amines) is 1. The number of hydrogen-bond donors (Lipinski definition) is 2. The first-order valence-electron chi connectivity index (χ1n) is 8.83. The molecule has 1 amide bonds. The third-order valence-corrected chi connectivity index (χ3v) is 4.77. The number of carbonyl (C=O) groups is 1. The van der Waals surface area contributed by atoms with Gasteiger partial charge in [0, 0.05) is 36.4 Å². The Hall–Kier alpha value is -2.84. The average Bonchev–Trinajstić information content (AvgIpc) is 3.07. The van der Waals surface area contributed by atoms with Crippen LogP contribution in [0.4, 0.5) is 13.2 Å². The summed E-state index contributed by atoms with van der Waals surface area (Å²) in [4.78, 5) is 25.3. The fourth-order valence-electron chi connectivity index (χ4n) is 3.33. The Morgan fingerprint density at radius 2 is 1.89 bits per heavy atom. The fourth-order valence-corrected chi connectivity index (χ4v) is 3.33. The molecule has 9 heteroatoms. The molecule has 0 atom stereocenters. The van der Waals surface area contributed by atoms with Crippen LogP contribution in [0.3, 0.4) is 0 Å². The first-order chi connectivity index (χ1) is 12.9. The molecule has 0 aromatic carbocycles. The Bertz CT molecular complexity index is 936. The van der Waals surface area contributed by atoms with Gasteiger partial charge in [0.15, 0.2) is 0 Å². The molecule has 6 nitrogen and oxygen atoms in total. The molecular weight excluding hydrogens is 359 g/mol. The third kappa shape index (κ3) is 3.54. The van der Waals surface area contributed by atoms with Crippen molar-refractivity contribution in [1.82, 2.24) is 20.2 Å². The van der Waals surface area contributed by atoms with Crippen LogP contribution in [0.2, 0.25) is 0 Å². The number of guanidine groups is 1. The second-order valence-corrected chi connectivity index (χ2v) is 6.68. The van der Waals surface area contributed by atoms with Gasteiger partial charge in [-0.15, -0.1) is 0 Å². The molecule has 0 aliphatic carbocycles. The first kappa shape index (κ1) is 17.6. The van der Waals surface area contributed by atoms with Crippen LogP contribution in [-0.4, -0.2) is 39.8 Å². The van der Waals surface area contributed by atoms with Crippen LogP contribution in [0.15, 0.2) is 29.1 Å². The van der Waals surface area contributed by atoms with E-state index in [0.29, 0.717) is 22.6 Å². The van der Waals surface area contributed by atoms with Crippen molar-refractivity contribution in [3.63, 3.8) is 0 Å². The predicted molar refractivity (Wildman–Crippen MR) is 94.7 cm³/mol. The van der Waals surface area contributed by atoms with Gasteiger partial charge in [-0.25, -0.2) is 9.98 Å². The monoisotopic (exact) mass is 377 g/mol. The lowest BCUT2D eigenvalue weighted by molar-refractivity contribution is -0.137. The maximum absolute atomic E-state index is 13.0. The van der Waals surface area contributed by atoms with E-state index in [1.54, 1.807) is 0 Å². The lowest BCUT2D eigenvalue weighted by Gasteiger charge is -2.20. The van der Waals surface area contributed by atoms with E-state index >= 15 is 0 Å². The molecule has 2 aliphatic heterocycles. The summed E-state index contributed by atoms with van der Waals surface area (Å²) in [5.41, 5.74) is 0.103. The molecule has 1 fully saturated rings. The predicted octanol–water partition coefficient (Wildman–Crippen LogP) is 3.28. The van der Waals surface area contributed by atoms with Gasteiger partial charge in [0.2, 0.25) is 5.96 Å². The number of fused-ring (bicyclic) bond motifs is 1. The van der Waals surface area contributed by atoms with Crippen molar-refractivity contribution in [2.45, 2.75) is 31.9 Å². The highest BCUT2D eigenvalue weighted by atomic mass is 19.4. The number of nitrogens with one attached hydrogen (secondary N) is 2. The number of pyridine rings is 1. The molecule has 27 heavy (non-hydrogen) atoms. The molecule has 2 N–H and O–H groups in total. The van der Waals surface area contributed by atoms with E-state index in [-0.39, 0.29) is 11.6 Å². The lowest BCUT2D eigenvalue weighted by Crippen LogP contribution is -2.40. The summed E-state index contributed by atoms with van der Waals surface area (Å²) in [6.07, 6.45) is 3.72. The molecule has 0 radical (unpaired) electrons. The normalized spacial score (nSPS) is 20.1. The summed E-state index contributed by atoms with van der Waals surface area (Å²) in [7, 11) is 0. The van der Waals surface area contributed by atoms with Crippen molar-refractivity contribution in [1.29, 1.82) is 0 Å². The molecule has 2 aromatic heterocycles. The maximum Gasteiger partial charge on any atom is 0.417 e. The summed E-state index contributed by atoms with van der Waals surface area (Å²) < 4.78 is 38.9. The SMILES string of the molecule is O=C1NC(N2CCCCCC2)=N/C1=C\c1c[nH]c2ncc(C(F)(F)F)cc12. The molecule has 4 rings (SSSR count). The Balaban J connectivity index is 1.67. The molecule has 0 spiro atoms. The summed E-state index contributed by atoms with van der Waals surface area (Å²) in [5, 5.41) is 3.06. The average molecular weight is 377 g/mol. The molecule has 0 saturated carbocycles. The minimum Gasteiger partial charge on any atom is -0.346 e. The Labute approximate surface area is 153 Å². The van der Waals surface area contributed by atoms with Gasteiger partial charge in [0.1, 0.15) is 11.3 Å². The van der Waals surface area contributed by atoms with Crippen LogP contribution in [0.25, 0.3) is 17.1 Å². The van der Waals surface area contributed by atoms with Gasteiger partial charge in [-0.3, -0.25) is 10.1 Å². The van der Waals surface area contributed by atoms with Crippen molar-refractivity contribution in [3.8, 4) is 0 Å². The largest absolute Gasteiger partial charge is 0.417 e. The fraction of sp³-hybridized carbons (Fsp3) is 0.389. The molecule has 4 heterocycles. The van der Waals surface area contributed by atoms with Crippen LogP contribution in [0, 0.1) is 0 Å². The van der Waals surface area contributed by atoms with E-state index in [0.717, 1.165) is 51.0 Å². The second-order valence-electron chi connectivity index (χ2n) is 6.68. The number of halogens is 3. The van der Waals surface area contributed by atoms with E-state index in [2.05, 4.69) is 20.3 Å². The van der Waals surface area contributed by atoms with E-state index in [4.69, 9.17) is 0 Å². The van der Waals surface area contributed by atoms with E-state index in [1.807, 2.05) is 4.90 Å². The highest BCUT2D eigenvalue weighted by molar-refractivity contribution is 6.14. The van der Waals surface area contributed by atoms with Crippen molar-refractivity contribution >= 4 is 29.0 Å². The Morgan fingerprint density at radius 3 is 2.59 bits per heavy atom. The standard InChI is InChI=1S/C18H18F3N5O/c19-18(20,21)12-8-13-11(9-22-15(13)23-10-12)7-14-16(27)25-17(24-14)26-5-3-1-2-4-6-26/h7-10H,1-6H2,(H,22,23)(H,24,25,27)/b14-7-. The van der Waals surface area contributed by atoms with Gasteiger partial charge in [-0.05, 0) is 25.0 Å². The summed E-state index contributed by atoms with van der Waals surface area (Å²) in [6.45, 7) is 1.66. The quantitative estimate of drug-likeness (QED) is 0.749. The first-order valence-corrected chi connectivity index (χ1v) is 8.83. The highest BCUT2D eigenvalue weighted by Gasteiger charge is 2.31. The lowest BCUT2D eigenvalue weighted by atomic mass is 10.1. The number of amides is 1. The third-order valence-electron chi connectivity index (χ3n) is 4.77. The zero-order chi connectivity index (χ0) is 19.0. The van der Waals surface area contributed by atoms with Crippen LogP contribution in [-0.2, 0) is 11.0 Å². The van der Waals surface area contributed by atoms with Crippen LogP contribution < -0.4 is 5.32 Å². The number of aliphatic imine (C=N–C) groups is 1. The number of aromatic nitrogens is 2. The molecule has 2 aromatic rings. The summed E-state index contributed by atoms with van der Waals surface area (Å²) in [5.74, 6) is 0.158. The van der Waals surface area contributed by atoms with E-state index in [9.17, 15) is 18.0 Å². The smallest absolute Gasteiger partial charge is 0.346 e. The number of rotatable bonds is 1. The van der Waals surface area contributed by atoms with E-state index < -0.39 is 11.7 Å². The summed E-state index contributed by atoms with van der Waals surface area (Å²) in [6, 6.07) is 1.03. The Kier molecular flexibility index (Phi) is 4.37. The zero-order valence-electron chi connectivity index (χ0n) is 14.4. The number of aromatic amines is 1. The molecule has 1 saturated heterocycles. The molecule has 0 unspecified atom stereocenters. The number of carbonyl (C=O) groups excluding carboxylic acids is 1. The van der Waals surface area contributed by atoms with Gasteiger partial charge >= 0.3 is 6.18 Å². The van der Waals surface area contributed by atoms with Gasteiger partial charge in [0.05, 0.1) is 5.56 Å². The van der Waals surface area contributed by atoms with Gasteiger partial charge in [-0.2, -0.15) is 13.2 Å². The maximum atomic E-state index is 13.0. The minimum absolute atomic E-state index is 0.174. The van der Waals surface area contributed by atoms with Crippen molar-refractivity contribution < 1.29 is 18.0 Å². The number of hydrogen-bond acceptors (Lipinski definition) is 4. The minimum atomic E-state index is -4.48. The van der Waals surface area contributed by atoms with Crippen molar-refractivity contribution in [2.24, 2.45) is 4.99 Å². The summed E-state index contributed by atoms with van der Waals surface area (Å²) >= 11 is 0. The van der Waals surface area contributed by atoms with Crippen LogP contribution in [0.5, 0.6) is 0 Å². The second kappa shape index (κ2) is 6.71. The highest BCUT2D eigenvalue weighted by Crippen LogP contribution is 2.32. The van der Waals surface area contributed by atoms with Crippen molar-refractivity contribution in [3.05, 3.63) is 35.3 Å². The number of alkyl halides is 3. The van der Waals surface area contributed by atoms with Crippen molar-refractivity contribution in [2.75, 3.05) is 13.1 Å². The topological polar surface area (TPSA) is 73.4 Å². The van der Waals surface area contributed by atoms with Crippen LogP contribution in [0.1, 0.15) is 36.8 Å². The van der Waals surface area contributed by atoms with E-state index in [1.165, 1.54) is 12.3 Å². The molecular formula is C18H18F3N5O. The van der Waals surface area contributed by atoms with Gasteiger partial charge < -0.3 is 9.88 Å². The Morgan fingerprint density at radius 1 is 1.15 bits per heavy atom. The molecule has 142 valence electrons. The van der Waals surface area contributed by atoms with Gasteiger partial charge in [0.25, 0.3) is 5.91 Å². The van der Waals surface area contributed by atoms with Gasteiger partial charge in [-0.1, -0.05) is 12.8 Å². The molecule has 0 bridgehead atoms. The zero-order valence-corrected chi connectivity index (χ0v) is 14.4. The molecule has 2 aliphatic rings. The van der Waals surface area contributed by atoms with Crippen LogP contribution >= 0.6 is 0 Å².